The normalized spacial score (nSPS) is 22.3. The lowest BCUT2D eigenvalue weighted by Gasteiger charge is -2.25. The fourth-order valence-corrected chi connectivity index (χ4v) is 2.66. The Labute approximate surface area is 125 Å². The second-order valence-corrected chi connectivity index (χ2v) is 6.36. The molecule has 0 spiro atoms. The molecule has 0 amide bonds. The Hall–Kier alpha value is -0.770. The van der Waals surface area contributed by atoms with Crippen molar-refractivity contribution in [2.45, 2.75) is 66.0 Å². The first-order valence-electron chi connectivity index (χ1n) is 8.35. The van der Waals surface area contributed by atoms with Crippen LogP contribution in [0, 0.1) is 5.92 Å². The zero-order chi connectivity index (χ0) is 15.0. The van der Waals surface area contributed by atoms with Crippen LogP contribution in [0.4, 0.5) is 0 Å². The molecule has 0 aromatic heterocycles. The van der Waals surface area contributed by atoms with Crippen LogP contribution in [0.25, 0.3) is 0 Å². The molecule has 0 aromatic carbocycles. The van der Waals surface area contributed by atoms with Crippen molar-refractivity contribution in [3.8, 4) is 0 Å². The molecule has 0 aliphatic carbocycles. The number of nitrogens with zero attached hydrogens (tertiary/aromatic N) is 2. The van der Waals surface area contributed by atoms with Crippen LogP contribution >= 0.6 is 0 Å². The molecule has 1 saturated heterocycles. The van der Waals surface area contributed by atoms with Crippen molar-refractivity contribution in [3.05, 3.63) is 0 Å². The largest absolute Gasteiger partial charge is 0.357 e. The number of nitrogens with one attached hydrogen (secondary N) is 2. The van der Waals surface area contributed by atoms with Crippen LogP contribution in [-0.2, 0) is 0 Å². The van der Waals surface area contributed by atoms with E-state index in [9.17, 15) is 0 Å². The molecule has 2 atom stereocenters. The maximum atomic E-state index is 4.79. The van der Waals surface area contributed by atoms with Crippen LogP contribution in [0.3, 0.4) is 0 Å². The molecular weight excluding hydrogens is 248 g/mol. The van der Waals surface area contributed by atoms with Gasteiger partial charge >= 0.3 is 0 Å². The minimum atomic E-state index is 0.475. The summed E-state index contributed by atoms with van der Waals surface area (Å²) in [5, 5.41) is 6.82. The SMILES string of the molecule is CCNC(=NC[C@H]1CCCN1CC(C)C)NC(C)CC. The lowest BCUT2D eigenvalue weighted by molar-refractivity contribution is 0.231. The Bertz CT molecular complexity index is 288. The Morgan fingerprint density at radius 1 is 1.30 bits per heavy atom. The predicted octanol–water partition coefficient (Wildman–Crippen LogP) is 2.46. The van der Waals surface area contributed by atoms with Crippen LogP contribution < -0.4 is 10.6 Å². The lowest BCUT2D eigenvalue weighted by atomic mass is 10.2. The third kappa shape index (κ3) is 6.12. The average Bonchev–Trinajstić information content (AvgIpc) is 2.82. The van der Waals surface area contributed by atoms with E-state index in [0.29, 0.717) is 12.1 Å². The highest BCUT2D eigenvalue weighted by atomic mass is 15.2. The van der Waals surface area contributed by atoms with E-state index < -0.39 is 0 Å². The fraction of sp³-hybridized carbons (Fsp3) is 0.938. The summed E-state index contributed by atoms with van der Waals surface area (Å²) in [6, 6.07) is 1.10. The van der Waals surface area contributed by atoms with Crippen LogP contribution in [-0.4, -0.2) is 49.1 Å². The molecule has 4 heteroatoms. The highest BCUT2D eigenvalue weighted by Gasteiger charge is 2.24. The summed E-state index contributed by atoms with van der Waals surface area (Å²) >= 11 is 0. The monoisotopic (exact) mass is 282 g/mol. The summed E-state index contributed by atoms with van der Waals surface area (Å²) in [6.45, 7) is 15.4. The zero-order valence-electron chi connectivity index (χ0n) is 14.1. The summed E-state index contributed by atoms with van der Waals surface area (Å²) in [5.41, 5.74) is 0. The summed E-state index contributed by atoms with van der Waals surface area (Å²) in [7, 11) is 0. The highest BCUT2D eigenvalue weighted by Crippen LogP contribution is 2.18. The maximum absolute atomic E-state index is 4.79. The molecule has 0 bridgehead atoms. The molecule has 1 heterocycles. The first kappa shape index (κ1) is 17.3. The molecule has 1 rings (SSSR count). The zero-order valence-corrected chi connectivity index (χ0v) is 14.1. The Morgan fingerprint density at radius 2 is 2.05 bits per heavy atom. The van der Waals surface area contributed by atoms with Crippen LogP contribution in [0.2, 0.25) is 0 Å². The van der Waals surface area contributed by atoms with Gasteiger partial charge in [-0.1, -0.05) is 20.8 Å². The van der Waals surface area contributed by atoms with Gasteiger partial charge in [0.25, 0.3) is 0 Å². The molecule has 1 fully saturated rings. The van der Waals surface area contributed by atoms with E-state index in [1.54, 1.807) is 0 Å². The van der Waals surface area contributed by atoms with E-state index in [0.717, 1.165) is 31.4 Å². The standard InChI is InChI=1S/C16H34N4/c1-6-14(5)19-16(17-7-2)18-11-15-9-8-10-20(15)12-13(3)4/h13-15H,6-12H2,1-5H3,(H2,17,18,19)/t14?,15-/m1/s1. The van der Waals surface area contributed by atoms with Gasteiger partial charge in [0.05, 0.1) is 6.54 Å². The van der Waals surface area contributed by atoms with Gasteiger partial charge in [0.2, 0.25) is 0 Å². The van der Waals surface area contributed by atoms with Crippen molar-refractivity contribution in [3.63, 3.8) is 0 Å². The van der Waals surface area contributed by atoms with E-state index in [2.05, 4.69) is 50.2 Å². The second-order valence-electron chi connectivity index (χ2n) is 6.36. The summed E-state index contributed by atoms with van der Waals surface area (Å²) in [5.74, 6) is 1.71. The summed E-state index contributed by atoms with van der Waals surface area (Å²) < 4.78 is 0. The third-order valence-corrected chi connectivity index (χ3v) is 3.90. The van der Waals surface area contributed by atoms with Gasteiger partial charge in [-0.25, -0.2) is 0 Å². The second kappa shape index (κ2) is 9.22. The number of guanidine groups is 1. The van der Waals surface area contributed by atoms with Gasteiger partial charge in [-0.2, -0.15) is 0 Å². The topological polar surface area (TPSA) is 39.7 Å². The van der Waals surface area contributed by atoms with Gasteiger partial charge in [-0.3, -0.25) is 9.89 Å². The highest BCUT2D eigenvalue weighted by molar-refractivity contribution is 5.80. The number of hydrogen-bond acceptors (Lipinski definition) is 2. The molecule has 2 N–H and O–H groups in total. The summed E-state index contributed by atoms with van der Waals surface area (Å²) in [6.07, 6.45) is 3.73. The van der Waals surface area contributed by atoms with Crippen molar-refractivity contribution in [2.24, 2.45) is 10.9 Å². The van der Waals surface area contributed by atoms with E-state index in [4.69, 9.17) is 4.99 Å². The van der Waals surface area contributed by atoms with Crippen molar-refractivity contribution in [1.82, 2.24) is 15.5 Å². The van der Waals surface area contributed by atoms with Gasteiger partial charge in [0.1, 0.15) is 0 Å². The Kier molecular flexibility index (Phi) is 7.97. The average molecular weight is 282 g/mol. The molecule has 0 aromatic rings. The van der Waals surface area contributed by atoms with Gasteiger partial charge in [-0.05, 0) is 45.6 Å². The van der Waals surface area contributed by atoms with Gasteiger partial charge in [-0.15, -0.1) is 0 Å². The molecular formula is C16H34N4. The fourth-order valence-electron chi connectivity index (χ4n) is 2.66. The van der Waals surface area contributed by atoms with Crippen LogP contribution in [0.1, 0.15) is 53.9 Å². The number of aliphatic imine (C=N–C) groups is 1. The first-order valence-corrected chi connectivity index (χ1v) is 8.35. The Morgan fingerprint density at radius 3 is 2.65 bits per heavy atom. The minimum absolute atomic E-state index is 0.475. The molecule has 4 nitrogen and oxygen atoms in total. The maximum Gasteiger partial charge on any atom is 0.191 e. The van der Waals surface area contributed by atoms with Crippen molar-refractivity contribution >= 4 is 5.96 Å². The van der Waals surface area contributed by atoms with Gasteiger partial charge in [0, 0.05) is 25.2 Å². The van der Waals surface area contributed by atoms with Gasteiger partial charge < -0.3 is 10.6 Å². The Balaban J connectivity index is 2.52. The molecule has 1 aliphatic rings. The van der Waals surface area contributed by atoms with Gasteiger partial charge in [0.15, 0.2) is 5.96 Å². The molecule has 0 radical (unpaired) electrons. The molecule has 118 valence electrons. The first-order chi connectivity index (χ1) is 9.56. The molecule has 1 unspecified atom stereocenters. The number of rotatable bonds is 7. The predicted molar refractivity (Wildman–Crippen MR) is 88.3 cm³/mol. The summed E-state index contributed by atoms with van der Waals surface area (Å²) in [4.78, 5) is 7.41. The molecule has 1 aliphatic heterocycles. The third-order valence-electron chi connectivity index (χ3n) is 3.90. The van der Waals surface area contributed by atoms with Crippen LogP contribution in [0.5, 0.6) is 0 Å². The number of hydrogen-bond donors (Lipinski definition) is 2. The van der Waals surface area contributed by atoms with E-state index >= 15 is 0 Å². The lowest BCUT2D eigenvalue weighted by Crippen LogP contribution is -2.43. The quantitative estimate of drug-likeness (QED) is 0.556. The van der Waals surface area contributed by atoms with Crippen molar-refractivity contribution in [2.75, 3.05) is 26.2 Å². The molecule has 0 saturated carbocycles. The van der Waals surface area contributed by atoms with Crippen molar-refractivity contribution in [1.29, 1.82) is 0 Å². The van der Waals surface area contributed by atoms with Crippen molar-refractivity contribution < 1.29 is 0 Å². The van der Waals surface area contributed by atoms with Crippen LogP contribution in [0.15, 0.2) is 4.99 Å². The number of likely N-dealkylation sites (tertiary alicyclic amines) is 1. The molecule has 20 heavy (non-hydrogen) atoms. The van der Waals surface area contributed by atoms with E-state index in [-0.39, 0.29) is 0 Å². The minimum Gasteiger partial charge on any atom is -0.357 e. The van der Waals surface area contributed by atoms with E-state index in [1.807, 2.05) is 0 Å². The smallest absolute Gasteiger partial charge is 0.191 e. The van der Waals surface area contributed by atoms with E-state index in [1.165, 1.54) is 25.9 Å².